The molecule has 1 heterocycles. The molecule has 0 radical (unpaired) electrons. The van der Waals surface area contributed by atoms with Crippen molar-refractivity contribution in [1.29, 1.82) is 0 Å². The maximum absolute atomic E-state index is 12.8. The molecule has 0 saturated carbocycles. The highest BCUT2D eigenvalue weighted by Gasteiger charge is 2.17. The minimum absolute atomic E-state index is 0.195. The van der Waals surface area contributed by atoms with Crippen LogP contribution in [0.1, 0.15) is 0 Å². The van der Waals surface area contributed by atoms with E-state index in [1.807, 2.05) is 12.1 Å². The highest BCUT2D eigenvalue weighted by atomic mass is 32.1. The topological polar surface area (TPSA) is 6.48 Å². The lowest BCUT2D eigenvalue weighted by molar-refractivity contribution is 0.398. The zero-order valence-corrected chi connectivity index (χ0v) is 10.5. The molecule has 0 atom stereocenters. The van der Waals surface area contributed by atoms with Gasteiger partial charge < -0.3 is 9.80 Å². The first-order chi connectivity index (χ1) is 7.66. The molecule has 0 spiro atoms. The maximum Gasteiger partial charge on any atom is 0.133 e. The molecule has 1 aromatic rings. The number of anilines is 1. The van der Waals surface area contributed by atoms with Crippen LogP contribution >= 0.6 is 24.8 Å². The Balaban J connectivity index is 1.99. The molecule has 0 aliphatic carbocycles. The second kappa shape index (κ2) is 5.01. The van der Waals surface area contributed by atoms with Gasteiger partial charge in [0.15, 0.2) is 0 Å². The number of thiocarbonyl (C=S) groups is 1. The molecule has 5 heteroatoms. The molecule has 0 amide bonds. The third-order valence-electron chi connectivity index (χ3n) is 2.74. The molecular formula is C11H13FN2S2. The zero-order valence-electron chi connectivity index (χ0n) is 8.77. The standard InChI is InChI=1S/C11H13FN2S2/c12-9-1-3-10(4-2-9)13-5-7-14(8-6-13)11(15)16/h1-4H,5-8H2,(H,15,16). The summed E-state index contributed by atoms with van der Waals surface area (Å²) in [7, 11) is 0. The molecular weight excluding hydrogens is 243 g/mol. The highest BCUT2D eigenvalue weighted by molar-refractivity contribution is 8.10. The third kappa shape index (κ3) is 2.65. The van der Waals surface area contributed by atoms with Gasteiger partial charge in [-0.2, -0.15) is 0 Å². The highest BCUT2D eigenvalue weighted by Crippen LogP contribution is 2.17. The third-order valence-corrected chi connectivity index (χ3v) is 3.28. The van der Waals surface area contributed by atoms with Gasteiger partial charge in [-0.05, 0) is 24.3 Å². The van der Waals surface area contributed by atoms with Crippen molar-refractivity contribution in [2.75, 3.05) is 31.1 Å². The van der Waals surface area contributed by atoms with Gasteiger partial charge in [0, 0.05) is 31.9 Å². The Morgan fingerprint density at radius 3 is 2.19 bits per heavy atom. The maximum atomic E-state index is 12.8. The van der Waals surface area contributed by atoms with Crippen molar-refractivity contribution in [2.24, 2.45) is 0 Å². The van der Waals surface area contributed by atoms with Crippen LogP contribution in [0, 0.1) is 5.82 Å². The van der Waals surface area contributed by atoms with Crippen LogP contribution in [0.3, 0.4) is 0 Å². The summed E-state index contributed by atoms with van der Waals surface area (Å²) in [6, 6.07) is 6.60. The second-order valence-corrected chi connectivity index (χ2v) is 4.85. The van der Waals surface area contributed by atoms with Crippen LogP contribution in [0.5, 0.6) is 0 Å². The molecule has 0 aromatic heterocycles. The van der Waals surface area contributed by atoms with E-state index in [-0.39, 0.29) is 5.82 Å². The van der Waals surface area contributed by atoms with E-state index in [0.29, 0.717) is 4.32 Å². The van der Waals surface area contributed by atoms with Gasteiger partial charge in [-0.3, -0.25) is 0 Å². The second-order valence-electron chi connectivity index (χ2n) is 3.73. The van der Waals surface area contributed by atoms with Crippen molar-refractivity contribution in [3.63, 3.8) is 0 Å². The lowest BCUT2D eigenvalue weighted by Crippen LogP contribution is -2.47. The number of thiol groups is 1. The van der Waals surface area contributed by atoms with E-state index in [2.05, 4.69) is 22.4 Å². The Bertz CT molecular complexity index is 372. The number of benzene rings is 1. The first kappa shape index (κ1) is 11.7. The van der Waals surface area contributed by atoms with E-state index in [0.717, 1.165) is 31.9 Å². The largest absolute Gasteiger partial charge is 0.368 e. The first-order valence-corrected chi connectivity index (χ1v) is 6.01. The van der Waals surface area contributed by atoms with Gasteiger partial charge in [0.05, 0.1) is 0 Å². The summed E-state index contributed by atoms with van der Waals surface area (Å²) in [5.41, 5.74) is 1.06. The Kier molecular flexibility index (Phi) is 3.66. The zero-order chi connectivity index (χ0) is 11.5. The monoisotopic (exact) mass is 256 g/mol. The summed E-state index contributed by atoms with van der Waals surface area (Å²) in [6.45, 7) is 3.54. The lowest BCUT2D eigenvalue weighted by atomic mass is 10.2. The number of nitrogens with zero attached hydrogens (tertiary/aromatic N) is 2. The molecule has 86 valence electrons. The van der Waals surface area contributed by atoms with Crippen LogP contribution in [0.4, 0.5) is 10.1 Å². The Labute approximate surface area is 105 Å². The smallest absolute Gasteiger partial charge is 0.133 e. The summed E-state index contributed by atoms with van der Waals surface area (Å²) >= 11 is 9.17. The van der Waals surface area contributed by atoms with Crippen molar-refractivity contribution in [3.8, 4) is 0 Å². The lowest BCUT2D eigenvalue weighted by Gasteiger charge is -2.36. The van der Waals surface area contributed by atoms with Gasteiger partial charge in [0.2, 0.25) is 0 Å². The van der Waals surface area contributed by atoms with E-state index in [9.17, 15) is 4.39 Å². The summed E-state index contributed by atoms with van der Waals surface area (Å²) in [5.74, 6) is -0.195. The Hall–Kier alpha value is -0.810. The summed E-state index contributed by atoms with van der Waals surface area (Å²) in [6.07, 6.45) is 0. The van der Waals surface area contributed by atoms with E-state index in [1.54, 1.807) is 0 Å². The van der Waals surface area contributed by atoms with E-state index in [4.69, 9.17) is 12.2 Å². The molecule has 1 fully saturated rings. The summed E-state index contributed by atoms with van der Waals surface area (Å²) in [5, 5.41) is 0. The molecule has 1 aromatic carbocycles. The van der Waals surface area contributed by atoms with E-state index in [1.165, 1.54) is 12.1 Å². The molecule has 1 aliphatic rings. The van der Waals surface area contributed by atoms with Gasteiger partial charge >= 0.3 is 0 Å². The molecule has 0 bridgehead atoms. The quantitative estimate of drug-likeness (QED) is 0.608. The van der Waals surface area contributed by atoms with Crippen molar-refractivity contribution in [3.05, 3.63) is 30.1 Å². The fourth-order valence-electron chi connectivity index (χ4n) is 1.81. The number of hydrogen-bond donors (Lipinski definition) is 1. The van der Waals surface area contributed by atoms with Gasteiger partial charge in [-0.15, -0.1) is 12.6 Å². The molecule has 0 unspecified atom stereocenters. The average molecular weight is 256 g/mol. The van der Waals surface area contributed by atoms with Crippen molar-refractivity contribution < 1.29 is 4.39 Å². The number of halogens is 1. The fraction of sp³-hybridized carbons (Fsp3) is 0.364. The van der Waals surface area contributed by atoms with Crippen LogP contribution in [0.2, 0.25) is 0 Å². The summed E-state index contributed by atoms with van der Waals surface area (Å²) < 4.78 is 13.4. The van der Waals surface area contributed by atoms with E-state index >= 15 is 0 Å². The Morgan fingerprint density at radius 2 is 1.69 bits per heavy atom. The predicted molar refractivity (Wildman–Crippen MR) is 71.8 cm³/mol. The fourth-order valence-corrected chi connectivity index (χ4v) is 2.19. The summed E-state index contributed by atoms with van der Waals surface area (Å²) in [4.78, 5) is 4.29. The van der Waals surface area contributed by atoms with Crippen molar-refractivity contribution in [2.45, 2.75) is 0 Å². The van der Waals surface area contributed by atoms with Crippen LogP contribution in [-0.2, 0) is 0 Å². The Morgan fingerprint density at radius 1 is 1.12 bits per heavy atom. The van der Waals surface area contributed by atoms with Gasteiger partial charge in [-0.25, -0.2) is 4.39 Å². The number of piperazine rings is 1. The minimum Gasteiger partial charge on any atom is -0.368 e. The molecule has 1 saturated heterocycles. The van der Waals surface area contributed by atoms with Gasteiger partial charge in [0.1, 0.15) is 10.1 Å². The van der Waals surface area contributed by atoms with Crippen LogP contribution in [-0.4, -0.2) is 35.4 Å². The van der Waals surface area contributed by atoms with Gasteiger partial charge in [0.25, 0.3) is 0 Å². The van der Waals surface area contributed by atoms with Crippen LogP contribution in [0.15, 0.2) is 24.3 Å². The normalized spacial score (nSPS) is 16.4. The number of hydrogen-bond acceptors (Lipinski definition) is 2. The molecule has 16 heavy (non-hydrogen) atoms. The van der Waals surface area contributed by atoms with E-state index < -0.39 is 0 Å². The first-order valence-electron chi connectivity index (χ1n) is 5.15. The van der Waals surface area contributed by atoms with Gasteiger partial charge in [-0.1, -0.05) is 12.2 Å². The predicted octanol–water partition coefficient (Wildman–Crippen LogP) is 2.16. The molecule has 0 N–H and O–H groups in total. The van der Waals surface area contributed by atoms with Crippen LogP contribution < -0.4 is 4.90 Å². The SMILES string of the molecule is Fc1ccc(N2CCN(C(=S)S)CC2)cc1. The number of rotatable bonds is 1. The molecule has 2 nitrogen and oxygen atoms in total. The average Bonchev–Trinajstić information content (AvgIpc) is 2.30. The molecule has 1 aliphatic heterocycles. The van der Waals surface area contributed by atoms with Crippen molar-refractivity contribution in [1.82, 2.24) is 4.90 Å². The van der Waals surface area contributed by atoms with Crippen molar-refractivity contribution >= 4 is 34.9 Å². The molecule has 2 rings (SSSR count). The van der Waals surface area contributed by atoms with Crippen LogP contribution in [0.25, 0.3) is 0 Å². The minimum atomic E-state index is -0.195.